The maximum absolute atomic E-state index is 14.1. The van der Waals surface area contributed by atoms with Crippen molar-refractivity contribution in [3.05, 3.63) is 11.6 Å². The monoisotopic (exact) mass is 510 g/mol. The molecule has 0 amide bonds. The van der Waals surface area contributed by atoms with E-state index in [1.54, 1.807) is 0 Å². The predicted octanol–water partition coefficient (Wildman–Crippen LogP) is 3.59. The van der Waals surface area contributed by atoms with Gasteiger partial charge in [-0.3, -0.25) is 19.8 Å². The maximum atomic E-state index is 14.1. The number of esters is 3. The summed E-state index contributed by atoms with van der Waals surface area (Å²) in [4.78, 5) is 52.1. The molecule has 0 aromatic heterocycles. The lowest BCUT2D eigenvalue weighted by molar-refractivity contribution is -0.184. The highest BCUT2D eigenvalue weighted by atomic mass is 16.6. The summed E-state index contributed by atoms with van der Waals surface area (Å²) in [5.41, 5.74) is 3.40. The van der Waals surface area contributed by atoms with Crippen LogP contribution in [-0.4, -0.2) is 42.6 Å². The highest BCUT2D eigenvalue weighted by Gasteiger charge is 2.73. The van der Waals surface area contributed by atoms with Crippen LogP contribution in [-0.2, 0) is 28.7 Å². The van der Waals surface area contributed by atoms with Crippen molar-refractivity contribution >= 4 is 29.4 Å². The topological polar surface area (TPSA) is 111 Å². The van der Waals surface area contributed by atoms with Gasteiger partial charge in [0.1, 0.15) is 11.8 Å². The van der Waals surface area contributed by atoms with Crippen molar-refractivity contribution in [1.29, 1.82) is 0 Å². The molecule has 0 aromatic carbocycles. The molecular weight excluding hydrogens is 472 g/mol. The van der Waals surface area contributed by atoms with Crippen LogP contribution in [0.25, 0.3) is 0 Å². The fourth-order valence-corrected chi connectivity index (χ4v) is 9.97. The molecule has 4 fully saturated rings. The van der Waals surface area contributed by atoms with E-state index in [1.807, 2.05) is 0 Å². The average molecular weight is 511 g/mol. The maximum Gasteiger partial charge on any atom is 0.330 e. The van der Waals surface area contributed by atoms with E-state index in [-0.39, 0.29) is 53.2 Å². The molecule has 1 spiro atoms. The number of rotatable bonds is 4. The Balaban J connectivity index is 1.37. The van der Waals surface area contributed by atoms with E-state index < -0.39 is 28.8 Å². The zero-order valence-corrected chi connectivity index (χ0v) is 22.5. The molecule has 2 heterocycles. The van der Waals surface area contributed by atoms with Crippen LogP contribution in [0.1, 0.15) is 72.6 Å². The van der Waals surface area contributed by atoms with Crippen molar-refractivity contribution in [2.45, 2.75) is 78.7 Å². The van der Waals surface area contributed by atoms with E-state index in [0.717, 1.165) is 38.5 Å². The first kappa shape index (κ1) is 24.8. The number of allylic oxidation sites excluding steroid dienone is 2. The van der Waals surface area contributed by atoms with Gasteiger partial charge < -0.3 is 9.47 Å². The lowest BCUT2D eigenvalue weighted by Gasteiger charge is -2.68. The zero-order valence-electron chi connectivity index (χ0n) is 22.5. The van der Waals surface area contributed by atoms with Gasteiger partial charge in [-0.2, -0.15) is 5.10 Å². The van der Waals surface area contributed by atoms with Gasteiger partial charge in [0.2, 0.25) is 0 Å². The minimum absolute atomic E-state index is 0.0273. The fourth-order valence-electron chi connectivity index (χ4n) is 9.97. The molecule has 5 aliphatic carbocycles. The minimum Gasteiger partial charge on any atom is -0.467 e. The van der Waals surface area contributed by atoms with Crippen LogP contribution in [0.15, 0.2) is 16.8 Å². The van der Waals surface area contributed by atoms with Gasteiger partial charge in [-0.05, 0) is 61.2 Å². The number of hydrogen-bond donors (Lipinski definition) is 1. The van der Waals surface area contributed by atoms with Crippen LogP contribution in [0, 0.1) is 51.8 Å². The Bertz CT molecular complexity index is 1160. The number of hydrogen-bond acceptors (Lipinski definition) is 8. The first-order valence-corrected chi connectivity index (χ1v) is 13.9. The second kappa shape index (κ2) is 8.00. The zero-order chi connectivity index (χ0) is 26.5. The van der Waals surface area contributed by atoms with Crippen LogP contribution in [0.5, 0.6) is 0 Å². The summed E-state index contributed by atoms with van der Waals surface area (Å²) in [5.74, 6) is -1.15. The van der Waals surface area contributed by atoms with Gasteiger partial charge in [0.05, 0.1) is 18.9 Å². The molecule has 1 saturated heterocycles. The number of ether oxygens (including phenoxy) is 2. The molecule has 1 N–H and O–H groups in total. The summed E-state index contributed by atoms with van der Waals surface area (Å²) in [5, 5.41) is 4.28. The molecule has 0 aromatic rings. The Morgan fingerprint density at radius 1 is 1.14 bits per heavy atom. The first-order chi connectivity index (χ1) is 17.5. The molecule has 0 radical (unpaired) electrons. The van der Waals surface area contributed by atoms with Crippen molar-refractivity contribution < 1.29 is 28.7 Å². The highest BCUT2D eigenvalue weighted by Crippen LogP contribution is 2.74. The smallest absolute Gasteiger partial charge is 0.330 e. The number of nitrogens with zero attached hydrogens (tertiary/aromatic N) is 1. The summed E-state index contributed by atoms with van der Waals surface area (Å²) in [6, 6.07) is -0.617. The molecule has 8 heteroatoms. The third kappa shape index (κ3) is 3.10. The summed E-state index contributed by atoms with van der Waals surface area (Å²) < 4.78 is 10.1. The number of ketones is 1. The van der Waals surface area contributed by atoms with E-state index in [1.165, 1.54) is 12.7 Å². The molecule has 2 aliphatic heterocycles. The number of hydrazone groups is 1. The fraction of sp³-hybridized carbons (Fsp3) is 0.759. The molecule has 7 rings (SSSR count). The van der Waals surface area contributed by atoms with Gasteiger partial charge in [-0.15, -0.1) is 0 Å². The number of Topliss-reactive ketones (excluding diaryl/α,β-unsaturated/α-hetero) is 1. The van der Waals surface area contributed by atoms with Crippen LogP contribution < -0.4 is 5.43 Å². The van der Waals surface area contributed by atoms with Crippen molar-refractivity contribution in [1.82, 2.24) is 5.43 Å². The van der Waals surface area contributed by atoms with E-state index in [2.05, 4.69) is 44.3 Å². The van der Waals surface area contributed by atoms with Gasteiger partial charge in [0.25, 0.3) is 0 Å². The Morgan fingerprint density at radius 2 is 1.89 bits per heavy atom. The second-order valence-corrected chi connectivity index (χ2v) is 13.2. The van der Waals surface area contributed by atoms with Crippen LogP contribution in [0.2, 0.25) is 0 Å². The van der Waals surface area contributed by atoms with Crippen molar-refractivity contribution in [3.63, 3.8) is 0 Å². The molecule has 9 unspecified atom stereocenters. The minimum atomic E-state index is -0.617. The number of carbonyl (C=O) groups is 4. The lowest BCUT2D eigenvalue weighted by atomic mass is 9.34. The number of nitrogens with one attached hydrogen (secondary N) is 1. The third-order valence-electron chi connectivity index (χ3n) is 11.4. The van der Waals surface area contributed by atoms with Crippen molar-refractivity contribution in [2.75, 3.05) is 7.11 Å². The highest BCUT2D eigenvalue weighted by molar-refractivity contribution is 6.42. The van der Waals surface area contributed by atoms with Gasteiger partial charge in [0, 0.05) is 17.3 Å². The van der Waals surface area contributed by atoms with Gasteiger partial charge in [-0.25, -0.2) is 4.79 Å². The molecule has 2 bridgehead atoms. The quantitative estimate of drug-likeness (QED) is 0.350. The van der Waals surface area contributed by atoms with E-state index in [4.69, 9.17) is 9.47 Å². The van der Waals surface area contributed by atoms with Crippen molar-refractivity contribution in [2.24, 2.45) is 56.9 Å². The standard InChI is InChI=1S/C29H38N2O6/c1-14(2)16-13-29-10-7-19-27(3,20(29)11-15(16)21-22(29)26(35)37-25(21)34)8-6-9-28(19,4)23(32)17-12-18(31-30-17)24(33)36-5/h13-15,18-22,31H,6-12H2,1-5H3. The number of cyclic esters (lactones) is 2. The molecule has 8 nitrogen and oxygen atoms in total. The summed E-state index contributed by atoms with van der Waals surface area (Å²) in [7, 11) is 1.34. The molecule has 7 aliphatic rings. The van der Waals surface area contributed by atoms with Gasteiger partial charge in [0.15, 0.2) is 5.78 Å². The van der Waals surface area contributed by atoms with Crippen LogP contribution >= 0.6 is 0 Å². The predicted molar refractivity (Wildman–Crippen MR) is 134 cm³/mol. The van der Waals surface area contributed by atoms with E-state index in [9.17, 15) is 19.2 Å². The lowest BCUT2D eigenvalue weighted by Crippen LogP contribution is -2.65. The Morgan fingerprint density at radius 3 is 2.59 bits per heavy atom. The molecule has 37 heavy (non-hydrogen) atoms. The number of carbonyl (C=O) groups excluding carboxylic acids is 4. The summed E-state index contributed by atoms with van der Waals surface area (Å²) >= 11 is 0. The first-order valence-electron chi connectivity index (χ1n) is 13.9. The summed E-state index contributed by atoms with van der Waals surface area (Å²) in [6.07, 6.45) is 7.81. The van der Waals surface area contributed by atoms with Gasteiger partial charge in [-0.1, -0.05) is 45.8 Å². The van der Waals surface area contributed by atoms with Crippen LogP contribution in [0.3, 0.4) is 0 Å². The molecule has 3 saturated carbocycles. The molecule has 200 valence electrons. The van der Waals surface area contributed by atoms with Gasteiger partial charge >= 0.3 is 17.9 Å². The summed E-state index contributed by atoms with van der Waals surface area (Å²) in [6.45, 7) is 8.78. The largest absolute Gasteiger partial charge is 0.467 e. The Labute approximate surface area is 218 Å². The average Bonchev–Trinajstić information content (AvgIpc) is 3.48. The number of methoxy groups -OCH3 is 1. The number of fused-ring (bicyclic) bond motifs is 1. The van der Waals surface area contributed by atoms with E-state index >= 15 is 0 Å². The molecular formula is C29H38N2O6. The van der Waals surface area contributed by atoms with Crippen LogP contribution in [0.4, 0.5) is 0 Å². The Hall–Kier alpha value is -2.51. The van der Waals surface area contributed by atoms with E-state index in [0.29, 0.717) is 11.6 Å². The molecule has 9 atom stereocenters. The normalized spacial score (nSPS) is 45.8. The Kier molecular flexibility index (Phi) is 5.36. The van der Waals surface area contributed by atoms with Crippen molar-refractivity contribution in [3.8, 4) is 0 Å². The second-order valence-electron chi connectivity index (χ2n) is 13.2. The SMILES string of the molecule is COC(=O)C1CC(C(=O)C2(C)CCCC3(C)C2CCC24C=C(C(C)C)C(CC32)C2C(=O)OC(=O)C24)=NN1. The third-order valence-corrected chi connectivity index (χ3v) is 11.4.